The van der Waals surface area contributed by atoms with Gasteiger partial charge in [-0.1, -0.05) is 62.4 Å². The van der Waals surface area contributed by atoms with Crippen LogP contribution in [0.4, 0.5) is 13.2 Å². The van der Waals surface area contributed by atoms with E-state index >= 15 is 0 Å². The molecule has 178 valence electrons. The van der Waals surface area contributed by atoms with E-state index < -0.39 is 11.7 Å². The number of alkyl halides is 3. The van der Waals surface area contributed by atoms with E-state index in [9.17, 15) is 13.2 Å². The molecular weight excluding hydrogens is 435 g/mol. The molecule has 0 saturated carbocycles. The fourth-order valence-corrected chi connectivity index (χ4v) is 4.56. The molecule has 0 radical (unpaired) electrons. The van der Waals surface area contributed by atoms with Crippen LogP contribution in [0.15, 0.2) is 72.8 Å². The Hall–Kier alpha value is -3.05. The Labute approximate surface area is 199 Å². The summed E-state index contributed by atoms with van der Waals surface area (Å²) in [4.78, 5) is 2.31. The number of fused-ring (bicyclic) bond motifs is 1. The highest BCUT2D eigenvalue weighted by molar-refractivity contribution is 6.00. The quantitative estimate of drug-likeness (QED) is 0.345. The fraction of sp³-hybridized carbons (Fsp3) is 0.310. The number of likely N-dealkylation sites (N-methyl/N-ethyl adjacent to an activating group) is 1. The van der Waals surface area contributed by atoms with Crippen LogP contribution in [0.1, 0.15) is 48.1 Å². The standard InChI is InChI=1S/C29H30F3NO/c1-3-33(4-2)19-20-34-25-16-11-23(12-17-25)28-26-8-6-5-7-21(26)13-18-27(28)22-9-14-24(15-10-22)29(30,31)32/h5-12,14-17H,3-4,13,18-20H2,1-2H3. The Morgan fingerprint density at radius 2 is 1.44 bits per heavy atom. The van der Waals surface area contributed by atoms with Crippen LogP contribution in [0.3, 0.4) is 0 Å². The van der Waals surface area contributed by atoms with Gasteiger partial charge in [0.2, 0.25) is 0 Å². The van der Waals surface area contributed by atoms with Crippen LogP contribution in [-0.4, -0.2) is 31.1 Å². The molecule has 0 bridgehead atoms. The minimum atomic E-state index is -4.34. The molecule has 34 heavy (non-hydrogen) atoms. The van der Waals surface area contributed by atoms with Gasteiger partial charge in [0.05, 0.1) is 5.56 Å². The Balaban J connectivity index is 1.66. The van der Waals surface area contributed by atoms with Crippen molar-refractivity contribution in [3.8, 4) is 5.75 Å². The van der Waals surface area contributed by atoms with Crippen molar-refractivity contribution in [3.63, 3.8) is 0 Å². The van der Waals surface area contributed by atoms with Crippen molar-refractivity contribution >= 4 is 11.1 Å². The van der Waals surface area contributed by atoms with Crippen LogP contribution in [0.25, 0.3) is 11.1 Å². The highest BCUT2D eigenvalue weighted by Gasteiger charge is 2.30. The lowest BCUT2D eigenvalue weighted by Gasteiger charge is -2.25. The van der Waals surface area contributed by atoms with Crippen molar-refractivity contribution in [1.82, 2.24) is 4.90 Å². The number of aryl methyl sites for hydroxylation is 1. The number of hydrogen-bond acceptors (Lipinski definition) is 2. The summed E-state index contributed by atoms with van der Waals surface area (Å²) in [6.07, 6.45) is -2.70. The summed E-state index contributed by atoms with van der Waals surface area (Å²) in [7, 11) is 0. The molecule has 0 spiro atoms. The van der Waals surface area contributed by atoms with Gasteiger partial charge >= 0.3 is 6.18 Å². The van der Waals surface area contributed by atoms with E-state index in [-0.39, 0.29) is 0 Å². The van der Waals surface area contributed by atoms with Crippen molar-refractivity contribution in [3.05, 3.63) is 101 Å². The van der Waals surface area contributed by atoms with Crippen molar-refractivity contribution in [2.45, 2.75) is 32.9 Å². The maximum absolute atomic E-state index is 13.1. The monoisotopic (exact) mass is 465 g/mol. The van der Waals surface area contributed by atoms with Crippen LogP contribution in [0, 0.1) is 0 Å². The van der Waals surface area contributed by atoms with Gasteiger partial charge in [-0.3, -0.25) is 0 Å². The van der Waals surface area contributed by atoms with Gasteiger partial charge in [0.25, 0.3) is 0 Å². The zero-order valence-electron chi connectivity index (χ0n) is 19.7. The maximum atomic E-state index is 13.1. The minimum Gasteiger partial charge on any atom is -0.492 e. The summed E-state index contributed by atoms with van der Waals surface area (Å²) in [6.45, 7) is 7.79. The van der Waals surface area contributed by atoms with Gasteiger partial charge in [-0.25, -0.2) is 0 Å². The predicted octanol–water partition coefficient (Wildman–Crippen LogP) is 7.33. The Bertz CT molecular complexity index is 1130. The topological polar surface area (TPSA) is 12.5 Å². The number of ether oxygens (including phenoxy) is 1. The van der Waals surface area contributed by atoms with E-state index in [1.165, 1.54) is 17.7 Å². The molecule has 0 fully saturated rings. The Kier molecular flexibility index (Phi) is 7.42. The third kappa shape index (κ3) is 5.36. The lowest BCUT2D eigenvalue weighted by molar-refractivity contribution is -0.137. The second kappa shape index (κ2) is 10.5. The van der Waals surface area contributed by atoms with Crippen LogP contribution >= 0.6 is 0 Å². The molecule has 5 heteroatoms. The highest BCUT2D eigenvalue weighted by atomic mass is 19.4. The Morgan fingerprint density at radius 3 is 2.09 bits per heavy atom. The summed E-state index contributed by atoms with van der Waals surface area (Å²) in [5.41, 5.74) is 5.79. The lowest BCUT2D eigenvalue weighted by Crippen LogP contribution is -2.27. The van der Waals surface area contributed by atoms with Crippen molar-refractivity contribution in [2.75, 3.05) is 26.2 Å². The number of benzene rings is 3. The second-order valence-electron chi connectivity index (χ2n) is 8.49. The smallest absolute Gasteiger partial charge is 0.416 e. The van der Waals surface area contributed by atoms with Crippen molar-refractivity contribution in [2.24, 2.45) is 0 Å². The van der Waals surface area contributed by atoms with Crippen molar-refractivity contribution < 1.29 is 17.9 Å². The number of allylic oxidation sites excluding steroid dienone is 1. The molecule has 0 aromatic heterocycles. The molecule has 0 unspecified atom stereocenters. The maximum Gasteiger partial charge on any atom is 0.416 e. The SMILES string of the molecule is CCN(CC)CCOc1ccc(C2=C(c3ccc(C(F)(F)F)cc3)CCc3ccccc32)cc1. The second-order valence-corrected chi connectivity index (χ2v) is 8.49. The van der Waals surface area contributed by atoms with Gasteiger partial charge in [-0.15, -0.1) is 0 Å². The molecule has 4 rings (SSSR count). The first-order valence-corrected chi connectivity index (χ1v) is 11.8. The first kappa shape index (κ1) is 24.1. The summed E-state index contributed by atoms with van der Waals surface area (Å²) in [5.74, 6) is 0.816. The molecule has 1 aliphatic carbocycles. The average molecular weight is 466 g/mol. The molecule has 1 aliphatic rings. The molecular formula is C29H30F3NO. The predicted molar refractivity (Wildman–Crippen MR) is 132 cm³/mol. The van der Waals surface area contributed by atoms with E-state index in [1.807, 2.05) is 36.4 Å². The third-order valence-electron chi connectivity index (χ3n) is 6.51. The normalized spacial score (nSPS) is 13.8. The number of rotatable bonds is 8. The van der Waals surface area contributed by atoms with Crippen LogP contribution in [0.2, 0.25) is 0 Å². The van der Waals surface area contributed by atoms with E-state index in [0.717, 1.165) is 66.1 Å². The van der Waals surface area contributed by atoms with Crippen LogP contribution in [0.5, 0.6) is 5.75 Å². The van der Waals surface area contributed by atoms with Crippen LogP contribution in [-0.2, 0) is 12.6 Å². The first-order chi connectivity index (χ1) is 16.4. The number of halogens is 3. The molecule has 0 amide bonds. The van der Waals surface area contributed by atoms with Gasteiger partial charge < -0.3 is 9.64 Å². The lowest BCUT2D eigenvalue weighted by atomic mass is 9.79. The molecule has 0 N–H and O–H groups in total. The molecule has 0 aliphatic heterocycles. The van der Waals surface area contributed by atoms with E-state index in [4.69, 9.17) is 4.74 Å². The zero-order valence-corrected chi connectivity index (χ0v) is 19.7. The average Bonchev–Trinajstić information content (AvgIpc) is 2.86. The highest BCUT2D eigenvalue weighted by Crippen LogP contribution is 2.41. The van der Waals surface area contributed by atoms with E-state index in [1.54, 1.807) is 12.1 Å². The van der Waals surface area contributed by atoms with Gasteiger partial charge in [-0.05, 0) is 83.6 Å². The first-order valence-electron chi connectivity index (χ1n) is 11.8. The summed E-state index contributed by atoms with van der Waals surface area (Å²) < 4.78 is 45.2. The molecule has 0 saturated heterocycles. The van der Waals surface area contributed by atoms with Gasteiger partial charge in [0, 0.05) is 6.54 Å². The summed E-state index contributed by atoms with van der Waals surface area (Å²) in [5, 5.41) is 0. The molecule has 2 nitrogen and oxygen atoms in total. The van der Waals surface area contributed by atoms with Crippen LogP contribution < -0.4 is 4.74 Å². The molecule has 0 heterocycles. The fourth-order valence-electron chi connectivity index (χ4n) is 4.56. The van der Waals surface area contributed by atoms with Gasteiger partial charge in [0.15, 0.2) is 0 Å². The van der Waals surface area contributed by atoms with E-state index in [0.29, 0.717) is 6.61 Å². The minimum absolute atomic E-state index is 0.624. The molecule has 3 aromatic carbocycles. The summed E-state index contributed by atoms with van der Waals surface area (Å²) in [6, 6.07) is 21.9. The van der Waals surface area contributed by atoms with Crippen molar-refractivity contribution in [1.29, 1.82) is 0 Å². The number of hydrogen-bond donors (Lipinski definition) is 0. The van der Waals surface area contributed by atoms with E-state index in [2.05, 4.69) is 30.9 Å². The van der Waals surface area contributed by atoms with Gasteiger partial charge in [0.1, 0.15) is 12.4 Å². The molecule has 0 atom stereocenters. The third-order valence-corrected chi connectivity index (χ3v) is 6.51. The molecule has 3 aromatic rings. The zero-order chi connectivity index (χ0) is 24.1. The largest absolute Gasteiger partial charge is 0.492 e. The summed E-state index contributed by atoms with van der Waals surface area (Å²) >= 11 is 0. The van der Waals surface area contributed by atoms with Gasteiger partial charge in [-0.2, -0.15) is 13.2 Å². The Morgan fingerprint density at radius 1 is 0.794 bits per heavy atom. The number of nitrogens with zero attached hydrogens (tertiary/aromatic N) is 1.